The molecule has 0 saturated carbocycles. The summed E-state index contributed by atoms with van der Waals surface area (Å²) in [5.41, 5.74) is -2.62. The van der Waals surface area contributed by atoms with Crippen LogP contribution in [0.2, 0.25) is 0 Å². The first-order valence-electron chi connectivity index (χ1n) is 7.48. The number of rotatable bonds is 7. The summed E-state index contributed by atoms with van der Waals surface area (Å²) in [5, 5.41) is 0. The summed E-state index contributed by atoms with van der Waals surface area (Å²) in [4.78, 5) is 23.6. The molecule has 1 atom stereocenters. The molecule has 0 aromatic rings. The summed E-state index contributed by atoms with van der Waals surface area (Å²) < 4.78 is 97.0. The number of carbonyl (C=O) groups is 2. The van der Waals surface area contributed by atoms with Gasteiger partial charge in [0.2, 0.25) is 0 Å². The summed E-state index contributed by atoms with van der Waals surface area (Å²) in [6.07, 6.45) is -6.62. The first-order valence-corrected chi connectivity index (χ1v) is 7.48. The van der Waals surface area contributed by atoms with Crippen LogP contribution in [-0.4, -0.2) is 43.2 Å². The number of halogens is 7. The van der Waals surface area contributed by atoms with Gasteiger partial charge in [0.05, 0.1) is 10.8 Å². The minimum Gasteiger partial charge on any atom is -0.464 e. The van der Waals surface area contributed by atoms with Gasteiger partial charge in [0.25, 0.3) is 0 Å². The zero-order valence-electron chi connectivity index (χ0n) is 14.9. The van der Waals surface area contributed by atoms with Crippen molar-refractivity contribution in [1.29, 1.82) is 0 Å². The standard InChI is InChI=1S/C15H21F7O4/c1-6-12(5,7-25-9(23)11(2,3)4)10(24)26-8-13(16,17)14(18,19)15(20,21)22/h6-8H2,1-5H3. The fraction of sp³-hybridized carbons (Fsp3) is 0.867. The molecular formula is C15H21F7O4. The van der Waals surface area contributed by atoms with Crippen LogP contribution in [0.25, 0.3) is 0 Å². The molecule has 0 N–H and O–H groups in total. The van der Waals surface area contributed by atoms with Crippen molar-refractivity contribution in [3.8, 4) is 0 Å². The maximum absolute atomic E-state index is 13.2. The molecule has 0 aliphatic heterocycles. The average Bonchev–Trinajstić information content (AvgIpc) is 2.47. The molecule has 0 aromatic carbocycles. The molecule has 4 nitrogen and oxygen atoms in total. The Hall–Kier alpha value is -1.55. The van der Waals surface area contributed by atoms with Gasteiger partial charge in [-0.05, 0) is 34.1 Å². The van der Waals surface area contributed by atoms with Crippen molar-refractivity contribution in [2.75, 3.05) is 13.2 Å². The van der Waals surface area contributed by atoms with Gasteiger partial charge in [-0.3, -0.25) is 9.59 Å². The Bertz CT molecular complexity index is 523. The maximum atomic E-state index is 13.2. The quantitative estimate of drug-likeness (QED) is 0.472. The molecule has 154 valence electrons. The average molecular weight is 398 g/mol. The highest BCUT2D eigenvalue weighted by molar-refractivity contribution is 5.78. The van der Waals surface area contributed by atoms with Gasteiger partial charge in [-0.2, -0.15) is 30.7 Å². The van der Waals surface area contributed by atoms with Crippen LogP contribution in [0, 0.1) is 10.8 Å². The molecular weight excluding hydrogens is 377 g/mol. The zero-order valence-corrected chi connectivity index (χ0v) is 14.9. The predicted molar refractivity (Wildman–Crippen MR) is 75.7 cm³/mol. The van der Waals surface area contributed by atoms with Crippen LogP contribution >= 0.6 is 0 Å². The Morgan fingerprint density at radius 2 is 1.19 bits per heavy atom. The van der Waals surface area contributed by atoms with E-state index in [1.165, 1.54) is 27.7 Å². The third-order valence-electron chi connectivity index (χ3n) is 3.61. The third kappa shape index (κ3) is 5.47. The van der Waals surface area contributed by atoms with Crippen molar-refractivity contribution >= 4 is 11.9 Å². The van der Waals surface area contributed by atoms with Crippen LogP contribution < -0.4 is 0 Å². The Morgan fingerprint density at radius 1 is 0.769 bits per heavy atom. The monoisotopic (exact) mass is 398 g/mol. The Labute approximate surface area is 146 Å². The smallest absolute Gasteiger partial charge is 0.460 e. The van der Waals surface area contributed by atoms with Gasteiger partial charge in [-0.25, -0.2) is 0 Å². The van der Waals surface area contributed by atoms with E-state index in [0.717, 1.165) is 6.92 Å². The molecule has 0 radical (unpaired) electrons. The van der Waals surface area contributed by atoms with Gasteiger partial charge >= 0.3 is 30.0 Å². The van der Waals surface area contributed by atoms with Crippen molar-refractivity contribution in [3.63, 3.8) is 0 Å². The highest BCUT2D eigenvalue weighted by Crippen LogP contribution is 2.46. The van der Waals surface area contributed by atoms with Crippen molar-refractivity contribution in [3.05, 3.63) is 0 Å². The van der Waals surface area contributed by atoms with E-state index in [0.29, 0.717) is 0 Å². The summed E-state index contributed by atoms with van der Waals surface area (Å²) in [6, 6.07) is 0. The van der Waals surface area contributed by atoms with Gasteiger partial charge in [-0.1, -0.05) is 6.92 Å². The fourth-order valence-electron chi connectivity index (χ4n) is 1.38. The highest BCUT2D eigenvalue weighted by Gasteiger charge is 2.73. The maximum Gasteiger partial charge on any atom is 0.460 e. The molecule has 1 unspecified atom stereocenters. The molecule has 0 aliphatic rings. The van der Waals surface area contributed by atoms with Crippen LogP contribution in [0.3, 0.4) is 0 Å². The first-order chi connectivity index (χ1) is 11.3. The minimum atomic E-state index is -6.51. The van der Waals surface area contributed by atoms with Gasteiger partial charge in [0, 0.05) is 0 Å². The Morgan fingerprint density at radius 3 is 1.54 bits per heavy atom. The summed E-state index contributed by atoms with van der Waals surface area (Å²) in [5.74, 6) is -14.2. The molecule has 0 fully saturated rings. The molecule has 0 heterocycles. The summed E-state index contributed by atoms with van der Waals surface area (Å²) >= 11 is 0. The third-order valence-corrected chi connectivity index (χ3v) is 3.61. The molecule has 0 aromatic heterocycles. The van der Waals surface area contributed by atoms with Gasteiger partial charge in [0.1, 0.15) is 6.61 Å². The largest absolute Gasteiger partial charge is 0.464 e. The van der Waals surface area contributed by atoms with Crippen LogP contribution in [0.4, 0.5) is 30.7 Å². The van der Waals surface area contributed by atoms with E-state index < -0.39 is 54.0 Å². The Kier molecular flexibility index (Phi) is 7.14. The SMILES string of the molecule is CCC(C)(COC(=O)C(C)(C)C)C(=O)OCC(F)(F)C(F)(F)C(F)(F)F. The summed E-state index contributed by atoms with van der Waals surface area (Å²) in [6.45, 7) is 3.99. The predicted octanol–water partition coefficient (Wildman–Crippen LogP) is 4.37. The Balaban J connectivity index is 5.09. The van der Waals surface area contributed by atoms with Gasteiger partial charge < -0.3 is 9.47 Å². The van der Waals surface area contributed by atoms with E-state index in [9.17, 15) is 40.3 Å². The molecule has 0 aliphatic carbocycles. The van der Waals surface area contributed by atoms with E-state index in [2.05, 4.69) is 4.74 Å². The van der Waals surface area contributed by atoms with Gasteiger partial charge in [0.15, 0.2) is 6.61 Å². The zero-order chi connectivity index (χ0) is 21.2. The van der Waals surface area contributed by atoms with E-state index in [-0.39, 0.29) is 6.42 Å². The van der Waals surface area contributed by atoms with Gasteiger partial charge in [-0.15, -0.1) is 0 Å². The molecule has 0 amide bonds. The number of hydrogen-bond acceptors (Lipinski definition) is 4. The van der Waals surface area contributed by atoms with Crippen LogP contribution in [-0.2, 0) is 19.1 Å². The second-order valence-corrected chi connectivity index (χ2v) is 7.09. The lowest BCUT2D eigenvalue weighted by Gasteiger charge is -2.30. The van der Waals surface area contributed by atoms with E-state index in [1.807, 2.05) is 0 Å². The summed E-state index contributed by atoms with van der Waals surface area (Å²) in [7, 11) is 0. The molecule has 0 spiro atoms. The first kappa shape index (κ1) is 24.5. The second-order valence-electron chi connectivity index (χ2n) is 7.09. The van der Waals surface area contributed by atoms with E-state index in [1.54, 1.807) is 0 Å². The topological polar surface area (TPSA) is 52.6 Å². The fourth-order valence-corrected chi connectivity index (χ4v) is 1.38. The van der Waals surface area contributed by atoms with Crippen molar-refractivity contribution in [1.82, 2.24) is 0 Å². The molecule has 0 rings (SSSR count). The molecule has 0 bridgehead atoms. The van der Waals surface area contributed by atoms with Crippen molar-refractivity contribution in [2.45, 2.75) is 59.1 Å². The number of hydrogen-bond donors (Lipinski definition) is 0. The van der Waals surface area contributed by atoms with E-state index >= 15 is 0 Å². The van der Waals surface area contributed by atoms with Crippen LogP contribution in [0.5, 0.6) is 0 Å². The number of alkyl halides is 7. The second kappa shape index (κ2) is 7.59. The lowest BCUT2D eigenvalue weighted by atomic mass is 9.88. The lowest BCUT2D eigenvalue weighted by molar-refractivity contribution is -0.360. The molecule has 0 saturated heterocycles. The number of carbonyl (C=O) groups excluding carboxylic acids is 2. The van der Waals surface area contributed by atoms with Crippen LogP contribution in [0.1, 0.15) is 41.0 Å². The van der Waals surface area contributed by atoms with Crippen LogP contribution in [0.15, 0.2) is 0 Å². The minimum absolute atomic E-state index is 0.107. The van der Waals surface area contributed by atoms with Crippen molar-refractivity contribution in [2.24, 2.45) is 10.8 Å². The normalized spacial score (nSPS) is 16.0. The van der Waals surface area contributed by atoms with Crippen molar-refractivity contribution < 1.29 is 49.8 Å². The molecule has 11 heteroatoms. The lowest BCUT2D eigenvalue weighted by Crippen LogP contribution is -2.55. The number of esters is 2. The number of ether oxygens (including phenoxy) is 2. The van der Waals surface area contributed by atoms with E-state index in [4.69, 9.17) is 4.74 Å². The highest BCUT2D eigenvalue weighted by atomic mass is 19.4. The molecule has 26 heavy (non-hydrogen) atoms.